The topological polar surface area (TPSA) is 66.4 Å². The fraction of sp³-hybridized carbons (Fsp3) is 0.273. The van der Waals surface area contributed by atoms with Crippen molar-refractivity contribution in [2.24, 2.45) is 0 Å². The quantitative estimate of drug-likeness (QED) is 0.802. The molecule has 1 rings (SSSR count). The zero-order valence-electron chi connectivity index (χ0n) is 8.74. The lowest BCUT2D eigenvalue weighted by Crippen LogP contribution is -2.41. The van der Waals surface area contributed by atoms with Gasteiger partial charge in [-0.1, -0.05) is 12.1 Å². The summed E-state index contributed by atoms with van der Waals surface area (Å²) < 4.78 is 12.8. The fourth-order valence-corrected chi connectivity index (χ4v) is 1.35. The van der Waals surface area contributed by atoms with E-state index in [1.54, 1.807) is 6.07 Å². The van der Waals surface area contributed by atoms with Crippen molar-refractivity contribution in [3.05, 3.63) is 35.6 Å². The average Bonchev–Trinajstić information content (AvgIpc) is 2.15. The third-order valence-electron chi connectivity index (χ3n) is 2.00. The van der Waals surface area contributed by atoms with E-state index in [0.717, 1.165) is 0 Å². The van der Waals surface area contributed by atoms with Crippen LogP contribution in [0.2, 0.25) is 0 Å². The number of amides is 1. The Bertz CT molecular complexity index is 406. The fourth-order valence-electron chi connectivity index (χ4n) is 1.35. The molecule has 0 aliphatic rings. The molecule has 16 heavy (non-hydrogen) atoms. The van der Waals surface area contributed by atoms with Crippen LogP contribution in [-0.4, -0.2) is 23.0 Å². The molecular weight excluding hydrogens is 213 g/mol. The lowest BCUT2D eigenvalue weighted by molar-refractivity contribution is -0.141. The van der Waals surface area contributed by atoms with Crippen molar-refractivity contribution < 1.29 is 19.1 Å². The molecular formula is C11H12FNO3. The summed E-state index contributed by atoms with van der Waals surface area (Å²) >= 11 is 0. The van der Waals surface area contributed by atoms with Crippen molar-refractivity contribution in [3.8, 4) is 0 Å². The van der Waals surface area contributed by atoms with Crippen molar-refractivity contribution in [1.29, 1.82) is 0 Å². The third kappa shape index (κ3) is 3.68. The minimum atomic E-state index is -1.14. The van der Waals surface area contributed by atoms with Crippen LogP contribution in [0.5, 0.6) is 0 Å². The summed E-state index contributed by atoms with van der Waals surface area (Å²) in [7, 11) is 0. The van der Waals surface area contributed by atoms with Gasteiger partial charge in [0.15, 0.2) is 0 Å². The highest BCUT2D eigenvalue weighted by atomic mass is 19.1. The molecule has 1 amide bonds. The summed E-state index contributed by atoms with van der Waals surface area (Å²) in [6.07, 6.45) is 0.0622. The molecule has 2 N–H and O–H groups in total. The summed E-state index contributed by atoms with van der Waals surface area (Å²) in [6.45, 7) is 1.24. The van der Waals surface area contributed by atoms with Gasteiger partial charge in [-0.05, 0) is 17.7 Å². The molecule has 1 atom stereocenters. The van der Waals surface area contributed by atoms with E-state index in [4.69, 9.17) is 5.11 Å². The number of carboxylic acid groups (broad SMARTS) is 1. The molecule has 0 bridgehead atoms. The number of rotatable bonds is 4. The van der Waals surface area contributed by atoms with Crippen LogP contribution in [0.3, 0.4) is 0 Å². The van der Waals surface area contributed by atoms with Crippen molar-refractivity contribution in [2.75, 3.05) is 0 Å². The highest BCUT2D eigenvalue weighted by molar-refractivity contribution is 5.82. The first kappa shape index (κ1) is 12.2. The van der Waals surface area contributed by atoms with Crippen LogP contribution in [-0.2, 0) is 16.0 Å². The third-order valence-corrected chi connectivity index (χ3v) is 2.00. The highest BCUT2D eigenvalue weighted by Gasteiger charge is 2.18. The molecule has 0 aliphatic heterocycles. The number of halogens is 1. The maximum Gasteiger partial charge on any atom is 0.326 e. The van der Waals surface area contributed by atoms with E-state index in [-0.39, 0.29) is 6.42 Å². The van der Waals surface area contributed by atoms with Gasteiger partial charge in [-0.15, -0.1) is 0 Å². The number of nitrogens with one attached hydrogen (secondary N) is 1. The van der Waals surface area contributed by atoms with Crippen molar-refractivity contribution in [2.45, 2.75) is 19.4 Å². The molecule has 0 saturated carbocycles. The summed E-state index contributed by atoms with van der Waals surface area (Å²) in [5.74, 6) is -1.99. The first-order chi connectivity index (χ1) is 7.49. The lowest BCUT2D eigenvalue weighted by atomic mass is 10.1. The molecule has 1 aromatic rings. The van der Waals surface area contributed by atoms with E-state index in [1.807, 2.05) is 0 Å². The Labute approximate surface area is 92.1 Å². The van der Waals surface area contributed by atoms with Gasteiger partial charge in [0.25, 0.3) is 0 Å². The average molecular weight is 225 g/mol. The zero-order valence-corrected chi connectivity index (χ0v) is 8.74. The van der Waals surface area contributed by atoms with Crippen LogP contribution in [0.1, 0.15) is 12.5 Å². The van der Waals surface area contributed by atoms with Crippen LogP contribution in [0.4, 0.5) is 4.39 Å². The molecule has 5 heteroatoms. The van der Waals surface area contributed by atoms with Gasteiger partial charge < -0.3 is 10.4 Å². The summed E-state index contributed by atoms with van der Waals surface area (Å²) in [6, 6.07) is 4.60. The molecule has 4 nitrogen and oxygen atoms in total. The minimum absolute atomic E-state index is 0.0622. The predicted octanol–water partition coefficient (Wildman–Crippen LogP) is 0.957. The van der Waals surface area contributed by atoms with Gasteiger partial charge in [-0.3, -0.25) is 4.79 Å². The Morgan fingerprint density at radius 1 is 1.50 bits per heavy atom. The van der Waals surface area contributed by atoms with Gasteiger partial charge in [-0.25, -0.2) is 9.18 Å². The van der Waals surface area contributed by atoms with E-state index in [2.05, 4.69) is 5.32 Å². The van der Waals surface area contributed by atoms with Gasteiger partial charge in [0.2, 0.25) is 5.91 Å². The van der Waals surface area contributed by atoms with Crippen LogP contribution in [0.25, 0.3) is 0 Å². The Hall–Kier alpha value is -1.91. The zero-order chi connectivity index (χ0) is 12.1. The summed E-state index contributed by atoms with van der Waals surface area (Å²) in [5.41, 5.74) is 0.529. The van der Waals surface area contributed by atoms with E-state index < -0.39 is 23.7 Å². The molecule has 0 aliphatic carbocycles. The van der Waals surface area contributed by atoms with Gasteiger partial charge in [0.1, 0.15) is 11.9 Å². The molecule has 0 saturated heterocycles. The van der Waals surface area contributed by atoms with Gasteiger partial charge in [-0.2, -0.15) is 0 Å². The predicted molar refractivity (Wildman–Crippen MR) is 55.3 cm³/mol. The second-order valence-electron chi connectivity index (χ2n) is 3.43. The van der Waals surface area contributed by atoms with Crippen LogP contribution in [0, 0.1) is 5.82 Å². The highest BCUT2D eigenvalue weighted by Crippen LogP contribution is 2.06. The maximum absolute atomic E-state index is 12.8. The normalized spacial score (nSPS) is 11.9. The number of carbonyl (C=O) groups is 2. The first-order valence-electron chi connectivity index (χ1n) is 4.73. The molecule has 0 spiro atoms. The molecule has 0 aromatic heterocycles. The molecule has 0 heterocycles. The molecule has 1 aromatic carbocycles. The maximum atomic E-state index is 12.8. The van der Waals surface area contributed by atoms with Gasteiger partial charge in [0, 0.05) is 13.3 Å². The largest absolute Gasteiger partial charge is 0.480 e. The number of aliphatic carboxylic acids is 1. The van der Waals surface area contributed by atoms with Crippen molar-refractivity contribution >= 4 is 11.9 Å². The second-order valence-corrected chi connectivity index (χ2v) is 3.43. The van der Waals surface area contributed by atoms with E-state index in [0.29, 0.717) is 5.56 Å². The monoisotopic (exact) mass is 225 g/mol. The van der Waals surface area contributed by atoms with E-state index in [9.17, 15) is 14.0 Å². The van der Waals surface area contributed by atoms with E-state index >= 15 is 0 Å². The SMILES string of the molecule is CC(=O)N[C@@H](Cc1cccc(F)c1)C(=O)O. The number of carboxylic acids is 1. The Morgan fingerprint density at radius 3 is 2.69 bits per heavy atom. The summed E-state index contributed by atoms with van der Waals surface area (Å²) in [4.78, 5) is 21.6. The minimum Gasteiger partial charge on any atom is -0.480 e. The van der Waals surface area contributed by atoms with Crippen LogP contribution >= 0.6 is 0 Å². The standard InChI is InChI=1S/C11H12FNO3/c1-7(14)13-10(11(15)16)6-8-3-2-4-9(12)5-8/h2-5,10H,6H2,1H3,(H,13,14)(H,15,16)/t10-/m0/s1. The number of benzene rings is 1. The second kappa shape index (κ2) is 5.25. The molecule has 0 unspecified atom stereocenters. The van der Waals surface area contributed by atoms with Crippen LogP contribution in [0.15, 0.2) is 24.3 Å². The van der Waals surface area contributed by atoms with Gasteiger partial charge >= 0.3 is 5.97 Å². The van der Waals surface area contributed by atoms with Crippen molar-refractivity contribution in [3.63, 3.8) is 0 Å². The van der Waals surface area contributed by atoms with E-state index in [1.165, 1.54) is 25.1 Å². The molecule has 0 fully saturated rings. The first-order valence-corrected chi connectivity index (χ1v) is 4.73. The molecule has 0 radical (unpaired) electrons. The van der Waals surface area contributed by atoms with Crippen molar-refractivity contribution in [1.82, 2.24) is 5.32 Å². The smallest absolute Gasteiger partial charge is 0.326 e. The number of hydrogen-bond acceptors (Lipinski definition) is 2. The number of hydrogen-bond donors (Lipinski definition) is 2. The molecule has 86 valence electrons. The number of carbonyl (C=O) groups excluding carboxylic acids is 1. The van der Waals surface area contributed by atoms with Crippen LogP contribution < -0.4 is 5.32 Å². The Morgan fingerprint density at radius 2 is 2.19 bits per heavy atom. The lowest BCUT2D eigenvalue weighted by Gasteiger charge is -2.12. The Balaban J connectivity index is 2.75. The van der Waals surface area contributed by atoms with Gasteiger partial charge in [0.05, 0.1) is 0 Å². The Kier molecular flexibility index (Phi) is 3.99. The summed E-state index contributed by atoms with van der Waals surface area (Å²) in [5, 5.41) is 11.1.